The van der Waals surface area contributed by atoms with Crippen LogP contribution in [-0.4, -0.2) is 41.4 Å². The predicted octanol–water partition coefficient (Wildman–Crippen LogP) is 2.95. The third-order valence-corrected chi connectivity index (χ3v) is 4.66. The summed E-state index contributed by atoms with van der Waals surface area (Å²) < 4.78 is 5.20. The van der Waals surface area contributed by atoms with Crippen LogP contribution in [0.25, 0.3) is 0 Å². The van der Waals surface area contributed by atoms with Gasteiger partial charge in [-0.2, -0.15) is 0 Å². The fourth-order valence-electron chi connectivity index (χ4n) is 2.94. The average Bonchev–Trinajstić information content (AvgIpc) is 2.42. The number of hydrogen-bond donors (Lipinski definition) is 2. The molecule has 1 fully saturated rings. The van der Waals surface area contributed by atoms with Gasteiger partial charge in [0.2, 0.25) is 0 Å². The Morgan fingerprint density at radius 2 is 2.10 bits per heavy atom. The molecule has 1 heterocycles. The summed E-state index contributed by atoms with van der Waals surface area (Å²) >= 11 is 6.02. The maximum atomic E-state index is 11.2. The lowest BCUT2D eigenvalue weighted by molar-refractivity contribution is -0.119. The van der Waals surface area contributed by atoms with Crippen LogP contribution in [0, 0.1) is 5.41 Å². The van der Waals surface area contributed by atoms with Crippen molar-refractivity contribution in [2.45, 2.75) is 25.9 Å². The van der Waals surface area contributed by atoms with Crippen molar-refractivity contribution in [3.8, 4) is 5.75 Å². The number of halogens is 1. The number of aliphatic hydroxyl groups is 1. The van der Waals surface area contributed by atoms with Crippen molar-refractivity contribution in [2.75, 3.05) is 20.2 Å². The van der Waals surface area contributed by atoms with Gasteiger partial charge in [0.1, 0.15) is 5.75 Å². The summed E-state index contributed by atoms with van der Waals surface area (Å²) in [4.78, 5) is 12.5. The van der Waals surface area contributed by atoms with E-state index in [4.69, 9.17) is 21.4 Å². The molecule has 2 rings (SSSR count). The summed E-state index contributed by atoms with van der Waals surface area (Å²) in [5.74, 6) is 0.499. The molecule has 1 atom stereocenters. The van der Waals surface area contributed by atoms with E-state index in [0.29, 0.717) is 29.3 Å². The van der Waals surface area contributed by atoms with E-state index in [1.54, 1.807) is 18.2 Å². The Bertz CT molecular complexity index is 561. The van der Waals surface area contributed by atoms with Crippen molar-refractivity contribution in [1.82, 2.24) is 4.90 Å². The van der Waals surface area contributed by atoms with Crippen LogP contribution in [0.15, 0.2) is 18.2 Å². The number of carboxylic acid groups (broad SMARTS) is 1. The first-order chi connectivity index (χ1) is 9.71. The lowest BCUT2D eigenvalue weighted by atomic mass is 9.66. The Labute approximate surface area is 129 Å². The number of ether oxygens (including phenoxy) is 1. The predicted molar refractivity (Wildman–Crippen MR) is 79.9 cm³/mol. The molecule has 21 heavy (non-hydrogen) atoms. The van der Waals surface area contributed by atoms with Crippen LogP contribution in [0.3, 0.4) is 0 Å². The summed E-state index contributed by atoms with van der Waals surface area (Å²) in [5, 5.41) is 20.8. The highest BCUT2D eigenvalue weighted by atomic mass is 35.5. The average molecular weight is 314 g/mol. The van der Waals surface area contributed by atoms with Crippen molar-refractivity contribution in [3.05, 3.63) is 28.8 Å². The summed E-state index contributed by atoms with van der Waals surface area (Å²) in [7, 11) is 1.52. The molecule has 0 radical (unpaired) electrons. The van der Waals surface area contributed by atoms with Gasteiger partial charge in [0.05, 0.1) is 17.7 Å². The molecule has 0 saturated carbocycles. The van der Waals surface area contributed by atoms with Crippen LogP contribution in [0.1, 0.15) is 25.8 Å². The van der Waals surface area contributed by atoms with Gasteiger partial charge in [-0.3, -0.25) is 0 Å². The zero-order valence-electron chi connectivity index (χ0n) is 12.4. The van der Waals surface area contributed by atoms with Crippen molar-refractivity contribution < 1.29 is 19.7 Å². The largest absolute Gasteiger partial charge is 0.495 e. The molecule has 1 aromatic rings. The maximum Gasteiger partial charge on any atom is 0.407 e. The molecule has 1 aliphatic heterocycles. The lowest BCUT2D eigenvalue weighted by Crippen LogP contribution is -2.56. The topological polar surface area (TPSA) is 70.0 Å². The number of carbonyl (C=O) groups is 1. The first kappa shape index (κ1) is 15.9. The molecule has 1 aromatic carbocycles. The molecule has 1 unspecified atom stereocenters. The van der Waals surface area contributed by atoms with E-state index in [0.717, 1.165) is 0 Å². The SMILES string of the molecule is COc1cc(C2(O)CCN(C(=O)O)CC2(C)C)ccc1Cl. The highest BCUT2D eigenvalue weighted by molar-refractivity contribution is 6.32. The molecular formula is C15H20ClNO4. The van der Waals surface area contributed by atoms with Gasteiger partial charge in [-0.15, -0.1) is 0 Å². The number of likely N-dealkylation sites (tertiary alicyclic amines) is 1. The van der Waals surface area contributed by atoms with E-state index in [-0.39, 0.29) is 6.54 Å². The van der Waals surface area contributed by atoms with Gasteiger partial charge < -0.3 is 19.8 Å². The second-order valence-electron chi connectivity index (χ2n) is 6.05. The fourth-order valence-corrected chi connectivity index (χ4v) is 3.13. The fraction of sp³-hybridized carbons (Fsp3) is 0.533. The van der Waals surface area contributed by atoms with Crippen molar-refractivity contribution in [1.29, 1.82) is 0 Å². The quantitative estimate of drug-likeness (QED) is 0.880. The highest BCUT2D eigenvalue weighted by Gasteiger charge is 2.49. The van der Waals surface area contributed by atoms with E-state index in [9.17, 15) is 9.90 Å². The Kier molecular flexibility index (Phi) is 4.08. The van der Waals surface area contributed by atoms with Crippen molar-refractivity contribution in [2.24, 2.45) is 5.41 Å². The zero-order valence-corrected chi connectivity index (χ0v) is 13.1. The van der Waals surface area contributed by atoms with E-state index in [2.05, 4.69) is 0 Å². The molecule has 0 aromatic heterocycles. The third-order valence-electron chi connectivity index (χ3n) is 4.35. The molecule has 6 heteroatoms. The second-order valence-corrected chi connectivity index (χ2v) is 6.45. The Balaban J connectivity index is 2.40. The van der Waals surface area contributed by atoms with Crippen LogP contribution in [0.5, 0.6) is 5.75 Å². The minimum absolute atomic E-state index is 0.268. The molecular weight excluding hydrogens is 294 g/mol. The van der Waals surface area contributed by atoms with Gasteiger partial charge in [-0.25, -0.2) is 4.79 Å². The Morgan fingerprint density at radius 1 is 1.43 bits per heavy atom. The maximum absolute atomic E-state index is 11.2. The summed E-state index contributed by atoms with van der Waals surface area (Å²) in [6.45, 7) is 4.29. The lowest BCUT2D eigenvalue weighted by Gasteiger charge is -2.49. The van der Waals surface area contributed by atoms with Gasteiger partial charge in [-0.1, -0.05) is 31.5 Å². The van der Waals surface area contributed by atoms with E-state index in [1.807, 2.05) is 13.8 Å². The zero-order chi connectivity index (χ0) is 15.8. The van der Waals surface area contributed by atoms with Gasteiger partial charge in [0, 0.05) is 18.5 Å². The normalized spacial score (nSPS) is 24.7. The molecule has 2 N–H and O–H groups in total. The van der Waals surface area contributed by atoms with Crippen LogP contribution in [0.2, 0.25) is 5.02 Å². The summed E-state index contributed by atoms with van der Waals surface area (Å²) in [6.07, 6.45) is -0.629. The first-order valence-corrected chi connectivity index (χ1v) is 7.13. The van der Waals surface area contributed by atoms with E-state index >= 15 is 0 Å². The molecule has 0 spiro atoms. The number of hydrogen-bond acceptors (Lipinski definition) is 3. The van der Waals surface area contributed by atoms with Crippen molar-refractivity contribution >= 4 is 17.7 Å². The molecule has 1 saturated heterocycles. The minimum Gasteiger partial charge on any atom is -0.495 e. The van der Waals surface area contributed by atoms with Gasteiger partial charge in [0.25, 0.3) is 0 Å². The number of amides is 1. The summed E-state index contributed by atoms with van der Waals surface area (Å²) in [6, 6.07) is 5.18. The third kappa shape index (κ3) is 2.68. The van der Waals surface area contributed by atoms with Crippen LogP contribution >= 0.6 is 11.6 Å². The van der Waals surface area contributed by atoms with Gasteiger partial charge in [0.15, 0.2) is 0 Å². The molecule has 0 aliphatic carbocycles. The molecule has 5 nitrogen and oxygen atoms in total. The number of methoxy groups -OCH3 is 1. The smallest absolute Gasteiger partial charge is 0.407 e. The Hall–Kier alpha value is -1.46. The van der Waals surface area contributed by atoms with Crippen molar-refractivity contribution in [3.63, 3.8) is 0 Å². The van der Waals surface area contributed by atoms with Gasteiger partial charge in [-0.05, 0) is 24.1 Å². The molecule has 116 valence electrons. The standard InChI is InChI=1S/C15H20ClNO4/c1-14(2)9-17(13(18)19)7-6-15(14,20)10-4-5-11(16)12(8-10)21-3/h4-5,8,20H,6-7,9H2,1-3H3,(H,18,19). The van der Waals surface area contributed by atoms with E-state index < -0.39 is 17.1 Å². The highest BCUT2D eigenvalue weighted by Crippen LogP contribution is 2.47. The summed E-state index contributed by atoms with van der Waals surface area (Å²) in [5.41, 5.74) is -1.06. The van der Waals surface area contributed by atoms with Crippen LogP contribution in [0.4, 0.5) is 4.79 Å². The van der Waals surface area contributed by atoms with Gasteiger partial charge >= 0.3 is 6.09 Å². The minimum atomic E-state index is -1.13. The second kappa shape index (κ2) is 5.39. The number of piperidine rings is 1. The molecule has 1 aliphatic rings. The number of benzene rings is 1. The van der Waals surface area contributed by atoms with Crippen LogP contribution < -0.4 is 4.74 Å². The monoisotopic (exact) mass is 313 g/mol. The van der Waals surface area contributed by atoms with E-state index in [1.165, 1.54) is 12.0 Å². The molecule has 1 amide bonds. The Morgan fingerprint density at radius 3 is 2.62 bits per heavy atom. The number of nitrogens with zero attached hydrogens (tertiary/aromatic N) is 1. The molecule has 0 bridgehead atoms. The number of rotatable bonds is 2. The first-order valence-electron chi connectivity index (χ1n) is 6.75. The van der Waals surface area contributed by atoms with Crippen LogP contribution in [-0.2, 0) is 5.60 Å².